The van der Waals surface area contributed by atoms with Crippen molar-refractivity contribution >= 4 is 33.5 Å². The summed E-state index contributed by atoms with van der Waals surface area (Å²) in [5.74, 6) is 1.48. The lowest BCUT2D eigenvalue weighted by Gasteiger charge is -2.11. The molecule has 0 saturated heterocycles. The molecular weight excluding hydrogens is 450 g/mol. The Hall–Kier alpha value is -2.64. The van der Waals surface area contributed by atoms with Crippen LogP contribution in [0.1, 0.15) is 12.5 Å². The van der Waals surface area contributed by atoms with E-state index >= 15 is 0 Å². The number of halogens is 1. The van der Waals surface area contributed by atoms with Crippen molar-refractivity contribution in [2.75, 3.05) is 20.8 Å². The van der Waals surface area contributed by atoms with Crippen LogP contribution >= 0.6 is 27.3 Å². The van der Waals surface area contributed by atoms with Gasteiger partial charge in [0.05, 0.1) is 32.7 Å². The number of nitrogens with zero attached hydrogens (tertiary/aromatic N) is 3. The Kier molecular flexibility index (Phi) is 7.06. The van der Waals surface area contributed by atoms with E-state index in [4.69, 9.17) is 14.6 Å². The highest BCUT2D eigenvalue weighted by atomic mass is 79.9. The molecule has 0 unspecified atom stereocenters. The molecule has 0 aliphatic carbocycles. The van der Waals surface area contributed by atoms with Gasteiger partial charge in [0.15, 0.2) is 0 Å². The molecule has 3 aromatic rings. The molecule has 5 nitrogen and oxygen atoms in total. The number of aromatic nitrogens is 1. The highest BCUT2D eigenvalue weighted by Crippen LogP contribution is 2.33. The molecule has 0 amide bonds. The van der Waals surface area contributed by atoms with Crippen LogP contribution in [0, 0.1) is 0 Å². The fourth-order valence-electron chi connectivity index (χ4n) is 2.59. The van der Waals surface area contributed by atoms with E-state index in [9.17, 15) is 0 Å². The van der Waals surface area contributed by atoms with Crippen LogP contribution < -0.4 is 14.3 Å². The molecule has 3 rings (SSSR count). The summed E-state index contributed by atoms with van der Waals surface area (Å²) in [5.41, 5.74) is 3.73. The Morgan fingerprint density at radius 2 is 1.93 bits per heavy atom. The van der Waals surface area contributed by atoms with Gasteiger partial charge in [0.25, 0.3) is 0 Å². The van der Waals surface area contributed by atoms with Crippen LogP contribution in [-0.4, -0.2) is 31.7 Å². The third kappa shape index (κ3) is 5.25. The van der Waals surface area contributed by atoms with E-state index in [1.165, 1.54) is 11.3 Å². The summed E-state index contributed by atoms with van der Waals surface area (Å²) >= 11 is 4.98. The first-order valence-corrected chi connectivity index (χ1v) is 10.6. The number of hydrogen-bond donors (Lipinski definition) is 0. The van der Waals surface area contributed by atoms with Crippen molar-refractivity contribution in [2.45, 2.75) is 6.92 Å². The molecule has 150 valence electrons. The van der Waals surface area contributed by atoms with Gasteiger partial charge < -0.3 is 9.47 Å². The quantitative estimate of drug-likeness (QED) is 0.344. The summed E-state index contributed by atoms with van der Waals surface area (Å²) < 4.78 is 13.8. The molecule has 0 aliphatic rings. The molecule has 7 heteroatoms. The maximum Gasteiger partial charge on any atom is 0.206 e. The number of rotatable bonds is 7. The number of thiazole rings is 1. The van der Waals surface area contributed by atoms with Crippen molar-refractivity contribution < 1.29 is 9.47 Å². The van der Waals surface area contributed by atoms with Crippen LogP contribution in [0.5, 0.6) is 11.5 Å². The standard InChI is InChI=1S/C22H22BrN3O2S/c1-15(2)12-24-22-26(25-13-16-5-7-17(23)8-6-16)20(14-29-22)19-11-18(27-3)9-10-21(19)28-4/h5-11,13-14H,1,12H2,2-4H3. The molecule has 29 heavy (non-hydrogen) atoms. The molecular formula is C22H22BrN3O2S. The average Bonchev–Trinajstić information content (AvgIpc) is 3.13. The predicted octanol–water partition coefficient (Wildman–Crippen LogP) is 5.36. The molecule has 0 aliphatic heterocycles. The summed E-state index contributed by atoms with van der Waals surface area (Å²) in [4.78, 5) is 5.44. The summed E-state index contributed by atoms with van der Waals surface area (Å²) in [6.45, 7) is 6.44. The number of methoxy groups -OCH3 is 2. The second-order valence-electron chi connectivity index (χ2n) is 6.35. The minimum absolute atomic E-state index is 0.545. The van der Waals surface area contributed by atoms with E-state index in [1.807, 2.05) is 65.7 Å². The van der Waals surface area contributed by atoms with Gasteiger partial charge in [-0.05, 0) is 42.8 Å². The number of hydrogen-bond acceptors (Lipinski definition) is 5. The minimum Gasteiger partial charge on any atom is -0.497 e. The molecule has 0 spiro atoms. The van der Waals surface area contributed by atoms with Gasteiger partial charge in [0.2, 0.25) is 4.80 Å². The second kappa shape index (κ2) is 9.71. The number of ether oxygens (including phenoxy) is 2. The molecule has 0 saturated carbocycles. The van der Waals surface area contributed by atoms with Crippen molar-refractivity contribution in [1.82, 2.24) is 4.68 Å². The Morgan fingerprint density at radius 3 is 2.59 bits per heavy atom. The topological polar surface area (TPSA) is 48.1 Å². The zero-order valence-corrected chi connectivity index (χ0v) is 19.0. The van der Waals surface area contributed by atoms with Crippen LogP contribution in [0.15, 0.2) is 74.6 Å². The van der Waals surface area contributed by atoms with Gasteiger partial charge in [0, 0.05) is 15.4 Å². The highest BCUT2D eigenvalue weighted by Gasteiger charge is 2.14. The van der Waals surface area contributed by atoms with Gasteiger partial charge in [0.1, 0.15) is 11.5 Å². The van der Waals surface area contributed by atoms with Crippen LogP contribution in [0.4, 0.5) is 0 Å². The molecule has 0 fully saturated rings. The van der Waals surface area contributed by atoms with Crippen molar-refractivity contribution in [1.29, 1.82) is 0 Å². The van der Waals surface area contributed by atoms with Gasteiger partial charge in [-0.2, -0.15) is 5.10 Å². The Labute approximate surface area is 182 Å². The fraction of sp³-hybridized carbons (Fsp3) is 0.182. The smallest absolute Gasteiger partial charge is 0.206 e. The molecule has 0 radical (unpaired) electrons. The first-order valence-electron chi connectivity index (χ1n) is 8.89. The molecule has 1 aromatic heterocycles. The van der Waals surface area contributed by atoms with E-state index in [0.29, 0.717) is 6.54 Å². The monoisotopic (exact) mass is 471 g/mol. The Balaban J connectivity index is 2.14. The number of benzene rings is 2. The highest BCUT2D eigenvalue weighted by molar-refractivity contribution is 9.10. The summed E-state index contributed by atoms with van der Waals surface area (Å²) in [6, 6.07) is 13.7. The summed E-state index contributed by atoms with van der Waals surface area (Å²) in [5, 5.41) is 6.74. The van der Waals surface area contributed by atoms with Crippen LogP contribution in [0.2, 0.25) is 0 Å². The van der Waals surface area contributed by atoms with Crippen molar-refractivity contribution in [2.24, 2.45) is 10.1 Å². The lowest BCUT2D eigenvalue weighted by molar-refractivity contribution is 0.404. The second-order valence-corrected chi connectivity index (χ2v) is 8.10. The maximum atomic E-state index is 5.57. The maximum absolute atomic E-state index is 5.57. The van der Waals surface area contributed by atoms with Gasteiger partial charge >= 0.3 is 0 Å². The van der Waals surface area contributed by atoms with Gasteiger partial charge in [-0.3, -0.25) is 4.99 Å². The predicted molar refractivity (Wildman–Crippen MR) is 123 cm³/mol. The van der Waals surface area contributed by atoms with Crippen LogP contribution in [0.25, 0.3) is 11.3 Å². The van der Waals surface area contributed by atoms with E-state index in [-0.39, 0.29) is 0 Å². The van der Waals surface area contributed by atoms with Gasteiger partial charge in [-0.15, -0.1) is 11.3 Å². The van der Waals surface area contributed by atoms with E-state index in [1.54, 1.807) is 14.2 Å². The van der Waals surface area contributed by atoms with Crippen molar-refractivity contribution in [3.8, 4) is 22.8 Å². The van der Waals surface area contributed by atoms with Gasteiger partial charge in [-0.1, -0.05) is 40.2 Å². The zero-order chi connectivity index (χ0) is 20.8. The molecule has 1 heterocycles. The van der Waals surface area contributed by atoms with Crippen LogP contribution in [-0.2, 0) is 0 Å². The Bertz CT molecular complexity index is 1100. The van der Waals surface area contributed by atoms with Crippen molar-refractivity contribution in [3.63, 3.8) is 0 Å². The SMILES string of the molecule is C=C(C)CN=c1scc(-c2cc(OC)ccc2OC)n1N=Cc1ccc(Br)cc1. The molecule has 0 N–H and O–H groups in total. The van der Waals surface area contributed by atoms with E-state index < -0.39 is 0 Å². The first-order chi connectivity index (χ1) is 14.0. The van der Waals surface area contributed by atoms with E-state index in [0.717, 1.165) is 43.2 Å². The Morgan fingerprint density at radius 1 is 1.17 bits per heavy atom. The largest absolute Gasteiger partial charge is 0.497 e. The minimum atomic E-state index is 0.545. The lowest BCUT2D eigenvalue weighted by Crippen LogP contribution is -2.13. The molecule has 0 bridgehead atoms. The third-order valence-corrected chi connectivity index (χ3v) is 5.43. The first kappa shape index (κ1) is 21.1. The van der Waals surface area contributed by atoms with E-state index in [2.05, 4.69) is 27.5 Å². The summed E-state index contributed by atoms with van der Waals surface area (Å²) in [6.07, 6.45) is 1.81. The lowest BCUT2D eigenvalue weighted by atomic mass is 10.1. The average molecular weight is 472 g/mol. The third-order valence-electron chi connectivity index (χ3n) is 4.04. The zero-order valence-electron chi connectivity index (χ0n) is 16.6. The fourth-order valence-corrected chi connectivity index (χ4v) is 3.69. The van der Waals surface area contributed by atoms with Gasteiger partial charge in [-0.25, -0.2) is 4.68 Å². The summed E-state index contributed by atoms with van der Waals surface area (Å²) in [7, 11) is 3.30. The molecule has 2 aromatic carbocycles. The van der Waals surface area contributed by atoms with Crippen molar-refractivity contribution in [3.05, 3.63) is 74.8 Å². The molecule has 0 atom stereocenters. The normalized spacial score (nSPS) is 11.8. The van der Waals surface area contributed by atoms with Crippen LogP contribution in [0.3, 0.4) is 0 Å².